The van der Waals surface area contributed by atoms with Crippen molar-refractivity contribution >= 4 is 6.08 Å². The number of aromatic hydroxyl groups is 1. The van der Waals surface area contributed by atoms with Crippen molar-refractivity contribution in [1.29, 1.82) is 0 Å². The fraction of sp³-hybridized carbons (Fsp3) is 0.357. The second kappa shape index (κ2) is 12.9. The Bertz CT molecular complexity index is 1020. The Labute approximate surface area is 196 Å². The first-order valence-electron chi connectivity index (χ1n) is 11.8. The molecule has 0 fully saturated rings. The summed E-state index contributed by atoms with van der Waals surface area (Å²) in [6.07, 6.45) is 14.9. The highest BCUT2D eigenvalue weighted by Crippen LogP contribution is 2.25. The zero-order valence-corrected chi connectivity index (χ0v) is 19.5. The third kappa shape index (κ3) is 7.79. The number of halogens is 1. The smallest absolute Gasteiger partial charge is 0.162 e. The number of aromatic nitrogens is 2. The lowest BCUT2D eigenvalue weighted by Crippen LogP contribution is -2.08. The molecule has 3 aromatic rings. The summed E-state index contributed by atoms with van der Waals surface area (Å²) in [4.78, 5) is 8.59. The van der Waals surface area contributed by atoms with Gasteiger partial charge in [0.1, 0.15) is 11.6 Å². The van der Waals surface area contributed by atoms with E-state index in [0.29, 0.717) is 6.10 Å². The number of phenolic OH excluding ortho intramolecular Hbond substituents is 1. The van der Waals surface area contributed by atoms with Crippen LogP contribution in [0.4, 0.5) is 4.39 Å². The highest BCUT2D eigenvalue weighted by atomic mass is 19.1. The SMILES string of the molecule is CCCCCOC(C)CCCC=Cc1ccc(-c2cnc(-c3ccc(O)cc3F)nc2)cc1. The quantitative estimate of drug-likeness (QED) is 0.293. The monoisotopic (exact) mass is 448 g/mol. The average Bonchev–Trinajstić information content (AvgIpc) is 2.82. The Morgan fingerprint density at radius 2 is 1.76 bits per heavy atom. The van der Waals surface area contributed by atoms with Crippen molar-refractivity contribution in [3.05, 3.63) is 72.3 Å². The Morgan fingerprint density at radius 1 is 1.00 bits per heavy atom. The molecule has 0 amide bonds. The second-order valence-corrected chi connectivity index (χ2v) is 8.30. The topological polar surface area (TPSA) is 55.2 Å². The molecule has 0 radical (unpaired) electrons. The molecule has 5 heteroatoms. The van der Waals surface area contributed by atoms with Crippen LogP contribution in [-0.4, -0.2) is 27.8 Å². The van der Waals surface area contributed by atoms with Crippen LogP contribution in [0.25, 0.3) is 28.6 Å². The zero-order chi connectivity index (χ0) is 23.5. The van der Waals surface area contributed by atoms with E-state index in [9.17, 15) is 9.50 Å². The molecule has 0 bridgehead atoms. The summed E-state index contributed by atoms with van der Waals surface area (Å²) in [5.74, 6) is -0.382. The predicted octanol–water partition coefficient (Wildman–Crippen LogP) is 7.43. The average molecular weight is 449 g/mol. The van der Waals surface area contributed by atoms with E-state index < -0.39 is 5.82 Å². The largest absolute Gasteiger partial charge is 0.508 e. The number of rotatable bonds is 12. The fourth-order valence-corrected chi connectivity index (χ4v) is 3.55. The summed E-state index contributed by atoms with van der Waals surface area (Å²) in [6.45, 7) is 5.24. The number of allylic oxidation sites excluding steroid dienone is 1. The van der Waals surface area contributed by atoms with E-state index in [0.717, 1.165) is 55.0 Å². The molecule has 0 saturated carbocycles. The minimum atomic E-state index is -0.548. The van der Waals surface area contributed by atoms with Gasteiger partial charge in [-0.15, -0.1) is 0 Å². The molecular formula is C28H33FN2O2. The van der Waals surface area contributed by atoms with Gasteiger partial charge in [0.05, 0.1) is 11.7 Å². The Kier molecular flexibility index (Phi) is 9.58. The molecule has 1 unspecified atom stereocenters. The number of nitrogens with zero attached hydrogens (tertiary/aromatic N) is 2. The summed E-state index contributed by atoms with van der Waals surface area (Å²) >= 11 is 0. The lowest BCUT2D eigenvalue weighted by atomic mass is 10.1. The van der Waals surface area contributed by atoms with Crippen LogP contribution in [0.3, 0.4) is 0 Å². The summed E-state index contributed by atoms with van der Waals surface area (Å²) < 4.78 is 19.9. The fourth-order valence-electron chi connectivity index (χ4n) is 3.55. The molecular weight excluding hydrogens is 415 g/mol. The second-order valence-electron chi connectivity index (χ2n) is 8.30. The number of hydrogen-bond acceptors (Lipinski definition) is 4. The summed E-state index contributed by atoms with van der Waals surface area (Å²) in [6, 6.07) is 12.2. The molecule has 0 aliphatic heterocycles. The highest BCUT2D eigenvalue weighted by molar-refractivity contribution is 5.66. The van der Waals surface area contributed by atoms with E-state index in [1.54, 1.807) is 12.4 Å². The van der Waals surface area contributed by atoms with Gasteiger partial charge in [0, 0.05) is 30.6 Å². The Hall–Kier alpha value is -3.05. The minimum Gasteiger partial charge on any atom is -0.508 e. The van der Waals surface area contributed by atoms with Gasteiger partial charge < -0.3 is 9.84 Å². The van der Waals surface area contributed by atoms with Crippen molar-refractivity contribution in [2.75, 3.05) is 6.61 Å². The zero-order valence-electron chi connectivity index (χ0n) is 19.5. The van der Waals surface area contributed by atoms with Crippen LogP contribution in [0, 0.1) is 5.82 Å². The van der Waals surface area contributed by atoms with Gasteiger partial charge in [-0.1, -0.05) is 56.2 Å². The maximum absolute atomic E-state index is 14.0. The van der Waals surface area contributed by atoms with Gasteiger partial charge in [0.15, 0.2) is 5.82 Å². The van der Waals surface area contributed by atoms with Gasteiger partial charge >= 0.3 is 0 Å². The number of ether oxygens (including phenoxy) is 1. The van der Waals surface area contributed by atoms with E-state index in [4.69, 9.17) is 4.74 Å². The van der Waals surface area contributed by atoms with Crippen molar-refractivity contribution < 1.29 is 14.2 Å². The lowest BCUT2D eigenvalue weighted by molar-refractivity contribution is 0.0566. The summed E-state index contributed by atoms with van der Waals surface area (Å²) in [5, 5.41) is 9.35. The summed E-state index contributed by atoms with van der Waals surface area (Å²) in [5.41, 5.74) is 3.27. The van der Waals surface area contributed by atoms with E-state index in [-0.39, 0.29) is 17.1 Å². The first-order chi connectivity index (χ1) is 16.1. The molecule has 1 atom stereocenters. The molecule has 0 aliphatic carbocycles. The highest BCUT2D eigenvalue weighted by Gasteiger charge is 2.09. The van der Waals surface area contributed by atoms with Gasteiger partial charge in [0.2, 0.25) is 0 Å². The maximum Gasteiger partial charge on any atom is 0.162 e. The van der Waals surface area contributed by atoms with Crippen LogP contribution >= 0.6 is 0 Å². The number of benzene rings is 2. The van der Waals surface area contributed by atoms with Crippen LogP contribution in [0.5, 0.6) is 5.75 Å². The van der Waals surface area contributed by atoms with Gasteiger partial charge in [-0.05, 0) is 55.9 Å². The molecule has 3 rings (SSSR count). The maximum atomic E-state index is 14.0. The first kappa shape index (κ1) is 24.6. The molecule has 4 nitrogen and oxygen atoms in total. The van der Waals surface area contributed by atoms with Crippen LogP contribution in [0.2, 0.25) is 0 Å². The first-order valence-corrected chi connectivity index (χ1v) is 11.8. The predicted molar refractivity (Wildman–Crippen MR) is 132 cm³/mol. The molecule has 1 N–H and O–H groups in total. The van der Waals surface area contributed by atoms with Crippen LogP contribution < -0.4 is 0 Å². The van der Waals surface area contributed by atoms with Gasteiger partial charge in [-0.25, -0.2) is 14.4 Å². The van der Waals surface area contributed by atoms with Crippen molar-refractivity contribution in [3.8, 4) is 28.3 Å². The van der Waals surface area contributed by atoms with Crippen LogP contribution in [0.15, 0.2) is 60.9 Å². The van der Waals surface area contributed by atoms with Gasteiger partial charge in [-0.3, -0.25) is 0 Å². The third-order valence-corrected chi connectivity index (χ3v) is 5.53. The van der Waals surface area contributed by atoms with Crippen molar-refractivity contribution in [3.63, 3.8) is 0 Å². The minimum absolute atomic E-state index is 0.122. The molecule has 2 aromatic carbocycles. The molecule has 0 spiro atoms. The number of hydrogen-bond donors (Lipinski definition) is 1. The molecule has 0 saturated heterocycles. The molecule has 0 aliphatic rings. The third-order valence-electron chi connectivity index (χ3n) is 5.53. The standard InChI is InChI=1S/C28H33FN2O2/c1-3-4-8-17-33-21(2)9-6-5-7-10-22-11-13-23(14-12-22)24-19-30-28(31-20-24)26-16-15-25(32)18-27(26)29/h7,10-16,18-21,32H,3-6,8-9,17H2,1-2H3. The van der Waals surface area contributed by atoms with Gasteiger partial charge in [0.25, 0.3) is 0 Å². The van der Waals surface area contributed by atoms with E-state index in [2.05, 4.69) is 48.1 Å². The number of unbranched alkanes of at least 4 members (excludes halogenated alkanes) is 3. The normalized spacial score (nSPS) is 12.3. The van der Waals surface area contributed by atoms with Gasteiger partial charge in [-0.2, -0.15) is 0 Å². The number of phenols is 1. The van der Waals surface area contributed by atoms with Crippen molar-refractivity contribution in [2.24, 2.45) is 0 Å². The molecule has 1 aromatic heterocycles. The molecule has 174 valence electrons. The van der Waals surface area contributed by atoms with Crippen LogP contribution in [0.1, 0.15) is 57.9 Å². The summed E-state index contributed by atoms with van der Waals surface area (Å²) in [7, 11) is 0. The molecule has 1 heterocycles. The lowest BCUT2D eigenvalue weighted by Gasteiger charge is -2.12. The van der Waals surface area contributed by atoms with Crippen molar-refractivity contribution in [2.45, 2.75) is 58.5 Å². The van der Waals surface area contributed by atoms with Crippen molar-refractivity contribution in [1.82, 2.24) is 9.97 Å². The van der Waals surface area contributed by atoms with E-state index >= 15 is 0 Å². The Balaban J connectivity index is 1.48. The molecule has 33 heavy (non-hydrogen) atoms. The Morgan fingerprint density at radius 3 is 2.45 bits per heavy atom. The van der Waals surface area contributed by atoms with E-state index in [1.807, 2.05) is 12.1 Å². The van der Waals surface area contributed by atoms with E-state index in [1.165, 1.54) is 25.0 Å². The van der Waals surface area contributed by atoms with Crippen LogP contribution in [-0.2, 0) is 4.74 Å².